The fourth-order valence-electron chi connectivity index (χ4n) is 1.32. The summed E-state index contributed by atoms with van der Waals surface area (Å²) in [5.74, 6) is 0. The third-order valence-corrected chi connectivity index (χ3v) is 4.57. The van der Waals surface area contributed by atoms with Crippen molar-refractivity contribution in [3.05, 3.63) is 17.0 Å². The lowest BCUT2D eigenvalue weighted by molar-refractivity contribution is 0.545. The van der Waals surface area contributed by atoms with E-state index in [1.807, 2.05) is 0 Å². The smallest absolute Gasteiger partial charge is 0.0823 e. The van der Waals surface area contributed by atoms with Crippen LogP contribution in [0.1, 0.15) is 47.0 Å². The van der Waals surface area contributed by atoms with Gasteiger partial charge in [-0.05, 0) is 29.5 Å². The maximum absolute atomic E-state index is 3.59. The van der Waals surface area contributed by atoms with Crippen molar-refractivity contribution in [2.45, 2.75) is 66.6 Å². The van der Waals surface area contributed by atoms with Crippen molar-refractivity contribution in [1.29, 1.82) is 0 Å². The Labute approximate surface area is 97.5 Å². The summed E-state index contributed by atoms with van der Waals surface area (Å²) >= 11 is 0. The summed E-state index contributed by atoms with van der Waals surface area (Å²) in [6, 6.07) is 0. The van der Waals surface area contributed by atoms with E-state index in [0.29, 0.717) is 0 Å². The topological polar surface area (TPSA) is 0 Å². The van der Waals surface area contributed by atoms with Gasteiger partial charge in [0.1, 0.15) is 0 Å². The van der Waals surface area contributed by atoms with Crippen molar-refractivity contribution in [3.63, 3.8) is 0 Å². The maximum atomic E-state index is 3.59. The van der Waals surface area contributed by atoms with E-state index < -0.39 is 8.07 Å². The molecule has 0 saturated heterocycles. The molecule has 0 aliphatic rings. The highest BCUT2D eigenvalue weighted by Crippen LogP contribution is 2.21. The van der Waals surface area contributed by atoms with Gasteiger partial charge in [-0.15, -0.1) is 5.73 Å². The average Bonchev–Trinajstić information content (AvgIpc) is 1.99. The summed E-state index contributed by atoms with van der Waals surface area (Å²) in [5, 5.41) is 1.60. The van der Waals surface area contributed by atoms with Crippen LogP contribution in [0, 0.1) is 5.41 Å². The fraction of sp³-hybridized carbons (Fsp3) is 0.786. The highest BCUT2D eigenvalue weighted by Gasteiger charge is 2.18. The number of unbranched alkanes of at least 4 members (excludes halogenated alkanes) is 1. The summed E-state index contributed by atoms with van der Waals surface area (Å²) in [6.07, 6.45) is 6.09. The summed E-state index contributed by atoms with van der Waals surface area (Å²) in [5.41, 5.74) is 3.85. The average molecular weight is 224 g/mol. The molecule has 88 valence electrons. The lowest BCUT2D eigenvalue weighted by atomic mass is 9.97. The molecule has 0 radical (unpaired) electrons. The molecule has 0 N–H and O–H groups in total. The Bertz CT molecular complexity index is 241. The van der Waals surface area contributed by atoms with Gasteiger partial charge in [0, 0.05) is 0 Å². The zero-order valence-corrected chi connectivity index (χ0v) is 12.7. The molecule has 0 amide bonds. The fourth-order valence-corrected chi connectivity index (χ4v) is 2.75. The zero-order chi connectivity index (χ0) is 12.1. The van der Waals surface area contributed by atoms with Crippen molar-refractivity contribution < 1.29 is 0 Å². The van der Waals surface area contributed by atoms with Crippen LogP contribution < -0.4 is 0 Å². The molecule has 0 spiro atoms. The maximum Gasteiger partial charge on any atom is 0.0823 e. The summed E-state index contributed by atoms with van der Waals surface area (Å²) < 4.78 is 0. The molecule has 0 aliphatic carbocycles. The van der Waals surface area contributed by atoms with Gasteiger partial charge in [0.2, 0.25) is 0 Å². The highest BCUT2D eigenvalue weighted by atomic mass is 28.3. The molecule has 0 saturated carbocycles. The Hall–Kier alpha value is -0.263. The van der Waals surface area contributed by atoms with Gasteiger partial charge in [0.25, 0.3) is 0 Å². The quantitative estimate of drug-likeness (QED) is 0.456. The Morgan fingerprint density at radius 3 is 2.07 bits per heavy atom. The van der Waals surface area contributed by atoms with Gasteiger partial charge in [-0.25, -0.2) is 0 Å². The van der Waals surface area contributed by atoms with E-state index in [4.69, 9.17) is 0 Å². The molecule has 15 heavy (non-hydrogen) atoms. The van der Waals surface area contributed by atoms with E-state index in [1.54, 1.807) is 5.20 Å². The van der Waals surface area contributed by atoms with E-state index in [9.17, 15) is 0 Å². The van der Waals surface area contributed by atoms with E-state index in [0.717, 1.165) is 0 Å². The molecular weight excluding hydrogens is 196 g/mol. The van der Waals surface area contributed by atoms with E-state index in [1.165, 1.54) is 19.3 Å². The monoisotopic (exact) mass is 224 g/mol. The third-order valence-electron chi connectivity index (χ3n) is 2.37. The van der Waals surface area contributed by atoms with Crippen molar-refractivity contribution >= 4 is 8.07 Å². The van der Waals surface area contributed by atoms with E-state index in [2.05, 4.69) is 59.1 Å². The molecule has 0 fully saturated rings. The first kappa shape index (κ1) is 14.7. The highest BCUT2D eigenvalue weighted by molar-refractivity contribution is 6.83. The second-order valence-electron chi connectivity index (χ2n) is 6.49. The molecule has 0 nitrogen and oxygen atoms in total. The minimum absolute atomic E-state index is 0.261. The Kier molecular flexibility index (Phi) is 5.62. The first-order valence-electron chi connectivity index (χ1n) is 6.14. The van der Waals surface area contributed by atoms with Gasteiger partial charge in [-0.2, -0.15) is 0 Å². The molecule has 0 rings (SSSR count). The first-order chi connectivity index (χ1) is 6.67. The van der Waals surface area contributed by atoms with Crippen molar-refractivity contribution in [1.82, 2.24) is 0 Å². The summed E-state index contributed by atoms with van der Waals surface area (Å²) in [7, 11) is -1.15. The SMILES string of the molecule is CCCCC(=C=CC(C)(C)C)[Si](C)(C)C. The summed E-state index contributed by atoms with van der Waals surface area (Å²) in [4.78, 5) is 0. The minimum Gasteiger partial charge on any atom is -0.130 e. The van der Waals surface area contributed by atoms with Crippen LogP contribution in [0.3, 0.4) is 0 Å². The van der Waals surface area contributed by atoms with Crippen molar-refractivity contribution in [2.75, 3.05) is 0 Å². The number of hydrogen-bond acceptors (Lipinski definition) is 0. The lowest BCUT2D eigenvalue weighted by Crippen LogP contribution is -2.23. The third kappa shape index (κ3) is 7.64. The van der Waals surface area contributed by atoms with Gasteiger partial charge in [0.05, 0.1) is 8.07 Å². The zero-order valence-electron chi connectivity index (χ0n) is 11.7. The van der Waals surface area contributed by atoms with Crippen molar-refractivity contribution in [3.8, 4) is 0 Å². The second-order valence-corrected chi connectivity index (χ2v) is 11.6. The van der Waals surface area contributed by atoms with Gasteiger partial charge >= 0.3 is 0 Å². The van der Waals surface area contributed by atoms with Gasteiger partial charge in [-0.1, -0.05) is 53.8 Å². The largest absolute Gasteiger partial charge is 0.130 e. The number of allylic oxidation sites excluding steroid dienone is 1. The Balaban J connectivity index is 4.86. The van der Waals surface area contributed by atoms with Gasteiger partial charge < -0.3 is 0 Å². The van der Waals surface area contributed by atoms with Crippen LogP contribution in [0.4, 0.5) is 0 Å². The van der Waals surface area contributed by atoms with E-state index in [-0.39, 0.29) is 5.41 Å². The van der Waals surface area contributed by atoms with Crippen LogP contribution in [0.25, 0.3) is 0 Å². The lowest BCUT2D eigenvalue weighted by Gasteiger charge is -2.19. The molecule has 0 unspecified atom stereocenters. The predicted molar refractivity (Wildman–Crippen MR) is 73.9 cm³/mol. The minimum atomic E-state index is -1.15. The standard InChI is InChI=1S/C14H28Si/c1-8-9-10-13(15(5,6)7)11-12-14(2,3)4/h12H,8-10H2,1-7H3. The number of hydrogen-bond donors (Lipinski definition) is 0. The van der Waals surface area contributed by atoms with Gasteiger partial charge in [-0.3, -0.25) is 0 Å². The molecular formula is C14H28Si. The molecule has 0 aliphatic heterocycles. The van der Waals surface area contributed by atoms with Crippen LogP contribution >= 0.6 is 0 Å². The van der Waals surface area contributed by atoms with Crippen LogP contribution in [-0.4, -0.2) is 8.07 Å². The molecule has 0 aromatic heterocycles. The number of rotatable bonds is 4. The normalized spacial score (nSPS) is 12.2. The van der Waals surface area contributed by atoms with Gasteiger partial charge in [0.15, 0.2) is 0 Å². The van der Waals surface area contributed by atoms with Crippen LogP contribution in [0.15, 0.2) is 17.0 Å². The molecule has 0 aromatic carbocycles. The molecule has 1 heteroatoms. The van der Waals surface area contributed by atoms with Crippen molar-refractivity contribution in [2.24, 2.45) is 5.41 Å². The molecule has 0 bridgehead atoms. The first-order valence-corrected chi connectivity index (χ1v) is 9.64. The Morgan fingerprint density at radius 1 is 1.20 bits per heavy atom. The molecule has 0 atom stereocenters. The summed E-state index contributed by atoms with van der Waals surface area (Å²) in [6.45, 7) is 16.2. The molecule has 0 heterocycles. The molecule has 0 aromatic rings. The predicted octanol–water partition coefficient (Wildman–Crippen LogP) is 5.18. The Morgan fingerprint density at radius 2 is 1.73 bits per heavy atom. The van der Waals surface area contributed by atoms with Crippen LogP contribution in [0.2, 0.25) is 19.6 Å². The van der Waals surface area contributed by atoms with E-state index >= 15 is 0 Å². The second kappa shape index (κ2) is 5.72. The van der Waals surface area contributed by atoms with Crippen LogP contribution in [-0.2, 0) is 0 Å². The van der Waals surface area contributed by atoms with Crippen LogP contribution in [0.5, 0.6) is 0 Å².